The SMILES string of the molecule is CC(N)Cc1ccc(N2CCC2)nc1. The lowest BCUT2D eigenvalue weighted by Crippen LogP contribution is -2.37. The van der Waals surface area contributed by atoms with Gasteiger partial charge in [-0.15, -0.1) is 0 Å². The number of hydrogen-bond acceptors (Lipinski definition) is 3. The van der Waals surface area contributed by atoms with Crippen molar-refractivity contribution in [2.45, 2.75) is 25.8 Å². The Labute approximate surface area is 84.9 Å². The van der Waals surface area contributed by atoms with E-state index in [0.717, 1.165) is 25.3 Å². The maximum Gasteiger partial charge on any atom is 0.128 e. The van der Waals surface area contributed by atoms with Crippen molar-refractivity contribution < 1.29 is 0 Å². The lowest BCUT2D eigenvalue weighted by atomic mass is 10.1. The summed E-state index contributed by atoms with van der Waals surface area (Å²) in [5.41, 5.74) is 6.95. The zero-order valence-corrected chi connectivity index (χ0v) is 8.61. The van der Waals surface area contributed by atoms with Crippen LogP contribution in [0.5, 0.6) is 0 Å². The molecule has 0 spiro atoms. The Morgan fingerprint density at radius 1 is 1.50 bits per heavy atom. The fraction of sp³-hybridized carbons (Fsp3) is 0.545. The van der Waals surface area contributed by atoms with Crippen LogP contribution >= 0.6 is 0 Å². The van der Waals surface area contributed by atoms with Crippen molar-refractivity contribution in [3.63, 3.8) is 0 Å². The first-order valence-corrected chi connectivity index (χ1v) is 5.21. The summed E-state index contributed by atoms with van der Waals surface area (Å²) in [6.07, 6.45) is 4.15. The molecule has 1 aliphatic heterocycles. The van der Waals surface area contributed by atoms with Crippen LogP contribution in [0.25, 0.3) is 0 Å². The topological polar surface area (TPSA) is 42.1 Å². The van der Waals surface area contributed by atoms with Crippen molar-refractivity contribution in [3.05, 3.63) is 23.9 Å². The van der Waals surface area contributed by atoms with Crippen LogP contribution in [0, 0.1) is 0 Å². The van der Waals surface area contributed by atoms with E-state index >= 15 is 0 Å². The molecular weight excluding hydrogens is 174 g/mol. The highest BCUT2D eigenvalue weighted by atomic mass is 15.2. The molecular formula is C11H17N3. The molecule has 0 aromatic carbocycles. The third-order valence-corrected chi connectivity index (χ3v) is 2.55. The maximum atomic E-state index is 5.72. The average Bonchev–Trinajstić information content (AvgIpc) is 2.04. The number of anilines is 1. The standard InChI is InChI=1S/C11H17N3/c1-9(12)7-10-3-4-11(13-8-10)14-5-2-6-14/h3-4,8-9H,2,5-7,12H2,1H3. The predicted octanol–water partition coefficient (Wildman–Crippen LogP) is 1.18. The van der Waals surface area contributed by atoms with Gasteiger partial charge in [0.05, 0.1) is 0 Å². The van der Waals surface area contributed by atoms with E-state index in [-0.39, 0.29) is 6.04 Å². The molecule has 1 unspecified atom stereocenters. The summed E-state index contributed by atoms with van der Waals surface area (Å²) in [6.45, 7) is 4.32. The van der Waals surface area contributed by atoms with Crippen LogP contribution < -0.4 is 10.6 Å². The van der Waals surface area contributed by atoms with Crippen molar-refractivity contribution in [2.75, 3.05) is 18.0 Å². The van der Waals surface area contributed by atoms with Crippen LogP contribution in [0.15, 0.2) is 18.3 Å². The van der Waals surface area contributed by atoms with Gasteiger partial charge in [0.1, 0.15) is 5.82 Å². The molecule has 2 rings (SSSR count). The molecule has 1 saturated heterocycles. The Morgan fingerprint density at radius 2 is 2.29 bits per heavy atom. The van der Waals surface area contributed by atoms with Gasteiger partial charge in [-0.05, 0) is 31.4 Å². The highest BCUT2D eigenvalue weighted by molar-refractivity contribution is 5.41. The van der Waals surface area contributed by atoms with E-state index in [1.54, 1.807) is 0 Å². The summed E-state index contributed by atoms with van der Waals surface area (Å²) < 4.78 is 0. The van der Waals surface area contributed by atoms with Gasteiger partial charge in [-0.2, -0.15) is 0 Å². The Bertz CT molecular complexity index is 288. The second-order valence-corrected chi connectivity index (χ2v) is 4.05. The smallest absolute Gasteiger partial charge is 0.128 e. The van der Waals surface area contributed by atoms with E-state index in [9.17, 15) is 0 Å². The van der Waals surface area contributed by atoms with Crippen LogP contribution in [-0.2, 0) is 6.42 Å². The number of rotatable bonds is 3. The maximum absolute atomic E-state index is 5.72. The van der Waals surface area contributed by atoms with Crippen LogP contribution in [0.2, 0.25) is 0 Å². The Hall–Kier alpha value is -1.09. The van der Waals surface area contributed by atoms with Crippen LogP contribution in [0.1, 0.15) is 18.9 Å². The quantitative estimate of drug-likeness (QED) is 0.780. The first kappa shape index (κ1) is 9.46. The summed E-state index contributed by atoms with van der Waals surface area (Å²) in [4.78, 5) is 6.71. The highest BCUT2D eigenvalue weighted by Crippen LogP contribution is 2.17. The molecule has 1 aliphatic rings. The Morgan fingerprint density at radius 3 is 2.71 bits per heavy atom. The number of pyridine rings is 1. The summed E-state index contributed by atoms with van der Waals surface area (Å²) in [5, 5.41) is 0. The van der Waals surface area contributed by atoms with E-state index in [4.69, 9.17) is 5.73 Å². The third-order valence-electron chi connectivity index (χ3n) is 2.55. The first-order valence-electron chi connectivity index (χ1n) is 5.21. The molecule has 0 radical (unpaired) electrons. The summed E-state index contributed by atoms with van der Waals surface area (Å²) in [6, 6.07) is 4.44. The van der Waals surface area contributed by atoms with Gasteiger partial charge in [0.15, 0.2) is 0 Å². The number of hydrogen-bond donors (Lipinski definition) is 1. The molecule has 1 aromatic heterocycles. The van der Waals surface area contributed by atoms with Gasteiger partial charge >= 0.3 is 0 Å². The summed E-state index contributed by atoms with van der Waals surface area (Å²) in [5.74, 6) is 1.10. The van der Waals surface area contributed by atoms with Gasteiger partial charge in [-0.25, -0.2) is 4.98 Å². The molecule has 1 fully saturated rings. The first-order chi connectivity index (χ1) is 6.75. The second-order valence-electron chi connectivity index (χ2n) is 4.05. The normalized spacial score (nSPS) is 17.7. The molecule has 14 heavy (non-hydrogen) atoms. The molecule has 3 nitrogen and oxygen atoms in total. The molecule has 0 aliphatic carbocycles. The molecule has 0 bridgehead atoms. The fourth-order valence-electron chi connectivity index (χ4n) is 1.64. The molecule has 0 saturated carbocycles. The van der Waals surface area contributed by atoms with Gasteiger partial charge in [0.25, 0.3) is 0 Å². The van der Waals surface area contributed by atoms with E-state index in [0.29, 0.717) is 0 Å². The van der Waals surface area contributed by atoms with Crippen molar-refractivity contribution in [1.29, 1.82) is 0 Å². The lowest BCUT2D eigenvalue weighted by Gasteiger charge is -2.31. The molecule has 2 N–H and O–H groups in total. The summed E-state index contributed by atoms with van der Waals surface area (Å²) in [7, 11) is 0. The minimum atomic E-state index is 0.214. The monoisotopic (exact) mass is 191 g/mol. The van der Waals surface area contributed by atoms with Crippen molar-refractivity contribution in [2.24, 2.45) is 5.73 Å². The van der Waals surface area contributed by atoms with E-state index in [2.05, 4.69) is 22.0 Å². The molecule has 76 valence electrons. The molecule has 0 amide bonds. The van der Waals surface area contributed by atoms with Crippen molar-refractivity contribution in [1.82, 2.24) is 4.98 Å². The largest absolute Gasteiger partial charge is 0.356 e. The number of aromatic nitrogens is 1. The van der Waals surface area contributed by atoms with Crippen LogP contribution in [0.3, 0.4) is 0 Å². The lowest BCUT2D eigenvalue weighted by molar-refractivity contribution is 0.609. The molecule has 1 atom stereocenters. The Balaban J connectivity index is 2.02. The molecule has 1 aromatic rings. The minimum absolute atomic E-state index is 0.214. The van der Waals surface area contributed by atoms with E-state index in [1.165, 1.54) is 12.0 Å². The minimum Gasteiger partial charge on any atom is -0.356 e. The number of nitrogens with two attached hydrogens (primary N) is 1. The average molecular weight is 191 g/mol. The van der Waals surface area contributed by atoms with Gasteiger partial charge in [-0.1, -0.05) is 6.07 Å². The van der Waals surface area contributed by atoms with E-state index < -0.39 is 0 Å². The second kappa shape index (κ2) is 3.96. The van der Waals surface area contributed by atoms with E-state index in [1.807, 2.05) is 13.1 Å². The van der Waals surface area contributed by atoms with Gasteiger partial charge in [0.2, 0.25) is 0 Å². The van der Waals surface area contributed by atoms with Crippen molar-refractivity contribution >= 4 is 5.82 Å². The zero-order chi connectivity index (χ0) is 9.97. The van der Waals surface area contributed by atoms with Gasteiger partial charge < -0.3 is 10.6 Å². The Kier molecular flexibility index (Phi) is 2.68. The fourth-order valence-corrected chi connectivity index (χ4v) is 1.64. The van der Waals surface area contributed by atoms with Crippen LogP contribution in [-0.4, -0.2) is 24.1 Å². The zero-order valence-electron chi connectivity index (χ0n) is 8.61. The summed E-state index contributed by atoms with van der Waals surface area (Å²) >= 11 is 0. The van der Waals surface area contributed by atoms with Gasteiger partial charge in [0, 0.05) is 25.3 Å². The number of nitrogens with zero attached hydrogens (tertiary/aromatic N) is 2. The van der Waals surface area contributed by atoms with Crippen LogP contribution in [0.4, 0.5) is 5.82 Å². The molecule has 2 heterocycles. The third kappa shape index (κ3) is 2.04. The molecule has 3 heteroatoms. The predicted molar refractivity (Wildman–Crippen MR) is 58.4 cm³/mol. The van der Waals surface area contributed by atoms with Crippen molar-refractivity contribution in [3.8, 4) is 0 Å². The van der Waals surface area contributed by atoms with Gasteiger partial charge in [-0.3, -0.25) is 0 Å². The highest BCUT2D eigenvalue weighted by Gasteiger charge is 2.14.